The molecule has 1 heterocycles. The fourth-order valence-corrected chi connectivity index (χ4v) is 3.12. The fraction of sp³-hybridized carbons (Fsp3) is 0.318. The van der Waals surface area contributed by atoms with Crippen LogP contribution in [0.25, 0.3) is 0 Å². The fourth-order valence-electron chi connectivity index (χ4n) is 3.12. The van der Waals surface area contributed by atoms with E-state index in [0.717, 1.165) is 5.56 Å². The minimum absolute atomic E-state index is 0.116. The van der Waals surface area contributed by atoms with Crippen molar-refractivity contribution in [1.82, 2.24) is 0 Å². The third-order valence-electron chi connectivity index (χ3n) is 4.51. The van der Waals surface area contributed by atoms with Gasteiger partial charge in [0.2, 0.25) is 0 Å². The van der Waals surface area contributed by atoms with Crippen LogP contribution in [0, 0.1) is 11.3 Å². The number of hydrogen-bond donors (Lipinski definition) is 0. The van der Waals surface area contributed by atoms with E-state index in [1.165, 1.54) is 0 Å². The molecule has 1 aliphatic rings. The zero-order valence-electron chi connectivity index (χ0n) is 15.9. The van der Waals surface area contributed by atoms with Gasteiger partial charge in [0.1, 0.15) is 11.7 Å². The Morgan fingerprint density at radius 2 is 1.93 bits per heavy atom. The van der Waals surface area contributed by atoms with Crippen LogP contribution in [0.5, 0.6) is 0 Å². The zero-order chi connectivity index (χ0) is 19.8. The van der Waals surface area contributed by atoms with Gasteiger partial charge < -0.3 is 9.64 Å². The molecule has 0 fully saturated rings. The first-order chi connectivity index (χ1) is 12.7. The molecule has 0 aliphatic carbocycles. The molecule has 5 nitrogen and oxygen atoms in total. The lowest BCUT2D eigenvalue weighted by molar-refractivity contribution is -0.156. The molecule has 0 spiro atoms. The van der Waals surface area contributed by atoms with Gasteiger partial charge in [0.25, 0.3) is 5.91 Å². The maximum Gasteiger partial charge on any atom is 0.313 e. The highest BCUT2D eigenvalue weighted by atomic mass is 16.6. The van der Waals surface area contributed by atoms with E-state index >= 15 is 0 Å². The molecule has 1 aliphatic heterocycles. The summed E-state index contributed by atoms with van der Waals surface area (Å²) in [7, 11) is 0. The van der Waals surface area contributed by atoms with Crippen molar-refractivity contribution in [3.8, 4) is 6.07 Å². The number of anilines is 1. The Labute approximate surface area is 159 Å². The van der Waals surface area contributed by atoms with Gasteiger partial charge in [-0.3, -0.25) is 9.59 Å². The van der Waals surface area contributed by atoms with Crippen molar-refractivity contribution in [2.24, 2.45) is 0 Å². The number of amides is 1. The molecule has 3 rings (SSSR count). The Hall–Kier alpha value is -3.13. The Balaban J connectivity index is 1.89. The molecule has 0 radical (unpaired) electrons. The highest BCUT2D eigenvalue weighted by Crippen LogP contribution is 2.32. The third kappa shape index (κ3) is 3.70. The molecule has 0 N–H and O–H groups in total. The van der Waals surface area contributed by atoms with Gasteiger partial charge in [0, 0.05) is 5.56 Å². The summed E-state index contributed by atoms with van der Waals surface area (Å²) in [5.74, 6) is -0.962. The van der Waals surface area contributed by atoms with Gasteiger partial charge in [0.15, 0.2) is 0 Å². The summed E-state index contributed by atoms with van der Waals surface area (Å²) in [6.07, 6.45) is 0. The molecule has 2 aromatic carbocycles. The Bertz CT molecular complexity index is 951. The number of carbonyl (C=O) groups is 2. The van der Waals surface area contributed by atoms with Crippen molar-refractivity contribution in [2.45, 2.75) is 45.8 Å². The molecule has 138 valence electrons. The minimum Gasteiger partial charge on any atom is -0.460 e. The minimum atomic E-state index is -0.572. The number of ether oxygens (including phenoxy) is 1. The van der Waals surface area contributed by atoms with Crippen molar-refractivity contribution in [3.05, 3.63) is 64.7 Å². The maximum absolute atomic E-state index is 12.7. The first-order valence-corrected chi connectivity index (χ1v) is 8.88. The summed E-state index contributed by atoms with van der Waals surface area (Å²) < 4.78 is 5.43. The van der Waals surface area contributed by atoms with Crippen molar-refractivity contribution < 1.29 is 14.3 Å². The summed E-state index contributed by atoms with van der Waals surface area (Å²) in [5.41, 5.74) is 2.64. The van der Waals surface area contributed by atoms with Gasteiger partial charge in [-0.1, -0.05) is 24.3 Å². The van der Waals surface area contributed by atoms with Crippen LogP contribution >= 0.6 is 0 Å². The van der Waals surface area contributed by atoms with Crippen molar-refractivity contribution in [3.63, 3.8) is 0 Å². The summed E-state index contributed by atoms with van der Waals surface area (Å²) in [4.78, 5) is 26.6. The largest absolute Gasteiger partial charge is 0.460 e. The molecule has 0 saturated carbocycles. The second-order valence-electron chi connectivity index (χ2n) is 7.69. The van der Waals surface area contributed by atoms with E-state index in [1.54, 1.807) is 36.1 Å². The van der Waals surface area contributed by atoms with Crippen LogP contribution in [0.3, 0.4) is 0 Å². The summed E-state index contributed by atoms with van der Waals surface area (Å²) >= 11 is 0. The number of nitrogens with zero attached hydrogens (tertiary/aromatic N) is 2. The molecule has 1 atom stereocenters. The summed E-state index contributed by atoms with van der Waals surface area (Å²) in [5, 5.41) is 9.61. The van der Waals surface area contributed by atoms with Crippen LogP contribution in [0.1, 0.15) is 60.7 Å². The number of hydrogen-bond acceptors (Lipinski definition) is 4. The lowest BCUT2D eigenvalue weighted by Crippen LogP contribution is -2.27. The molecule has 0 aromatic heterocycles. The van der Waals surface area contributed by atoms with E-state index in [-0.39, 0.29) is 11.9 Å². The van der Waals surface area contributed by atoms with E-state index in [9.17, 15) is 14.9 Å². The predicted octanol–water partition coefficient (Wildman–Crippen LogP) is 4.16. The van der Waals surface area contributed by atoms with Gasteiger partial charge >= 0.3 is 5.97 Å². The molecular weight excluding hydrogens is 340 g/mol. The SMILES string of the molecule is CC(C(=O)OC(C)(C)C)c1ccc(N2Cc3ccccc3C2=O)c(C#N)c1. The van der Waals surface area contributed by atoms with Crippen LogP contribution < -0.4 is 4.90 Å². The first-order valence-electron chi connectivity index (χ1n) is 8.88. The molecular formula is C22H22N2O3. The number of carbonyl (C=O) groups excluding carboxylic acids is 2. The van der Waals surface area contributed by atoms with Crippen LogP contribution in [-0.2, 0) is 16.1 Å². The number of rotatable bonds is 3. The normalized spacial score (nSPS) is 14.5. The lowest BCUT2D eigenvalue weighted by Gasteiger charge is -2.23. The monoisotopic (exact) mass is 362 g/mol. The second kappa shape index (κ2) is 6.88. The first kappa shape index (κ1) is 18.7. The highest BCUT2D eigenvalue weighted by Gasteiger charge is 2.30. The maximum atomic E-state index is 12.7. The number of fused-ring (bicyclic) bond motifs is 1. The third-order valence-corrected chi connectivity index (χ3v) is 4.51. The Kier molecular flexibility index (Phi) is 4.75. The summed E-state index contributed by atoms with van der Waals surface area (Å²) in [6.45, 7) is 7.64. The van der Waals surface area contributed by atoms with Crippen LogP contribution in [0.15, 0.2) is 42.5 Å². The van der Waals surface area contributed by atoms with Crippen LogP contribution in [-0.4, -0.2) is 17.5 Å². The van der Waals surface area contributed by atoms with Gasteiger partial charge in [0.05, 0.1) is 23.7 Å². The van der Waals surface area contributed by atoms with Crippen molar-refractivity contribution >= 4 is 17.6 Å². The molecule has 1 unspecified atom stereocenters. The standard InChI is InChI=1S/C22H22N2O3/c1-14(21(26)27-22(2,3)4)15-9-10-19(17(11-15)12-23)24-13-16-7-5-6-8-18(16)20(24)25/h5-11,14H,13H2,1-4H3. The molecule has 1 amide bonds. The van der Waals surface area contributed by atoms with Crippen LogP contribution in [0.4, 0.5) is 5.69 Å². The average molecular weight is 362 g/mol. The topological polar surface area (TPSA) is 70.4 Å². The zero-order valence-corrected chi connectivity index (χ0v) is 15.9. The molecule has 27 heavy (non-hydrogen) atoms. The molecule has 0 bridgehead atoms. The molecule has 2 aromatic rings. The van der Waals surface area contributed by atoms with E-state index < -0.39 is 11.5 Å². The van der Waals surface area contributed by atoms with Gasteiger partial charge in [-0.25, -0.2) is 0 Å². The van der Waals surface area contributed by atoms with E-state index in [4.69, 9.17) is 4.74 Å². The smallest absolute Gasteiger partial charge is 0.313 e. The number of nitriles is 1. The highest BCUT2D eigenvalue weighted by molar-refractivity contribution is 6.10. The molecule has 5 heteroatoms. The van der Waals surface area contributed by atoms with Gasteiger partial charge in [-0.15, -0.1) is 0 Å². The second-order valence-corrected chi connectivity index (χ2v) is 7.69. The Morgan fingerprint density at radius 1 is 1.22 bits per heavy atom. The summed E-state index contributed by atoms with van der Waals surface area (Å²) in [6, 6.07) is 14.8. The van der Waals surface area contributed by atoms with Crippen LogP contribution in [0.2, 0.25) is 0 Å². The van der Waals surface area contributed by atoms with Gasteiger partial charge in [-0.05, 0) is 57.0 Å². The van der Waals surface area contributed by atoms with Gasteiger partial charge in [-0.2, -0.15) is 5.26 Å². The Morgan fingerprint density at radius 3 is 2.56 bits per heavy atom. The van der Waals surface area contributed by atoms with Crippen molar-refractivity contribution in [1.29, 1.82) is 5.26 Å². The lowest BCUT2D eigenvalue weighted by atomic mass is 9.97. The van der Waals surface area contributed by atoms with Crippen molar-refractivity contribution in [2.75, 3.05) is 4.90 Å². The number of esters is 1. The molecule has 0 saturated heterocycles. The average Bonchev–Trinajstić information content (AvgIpc) is 2.96. The predicted molar refractivity (Wildman–Crippen MR) is 102 cm³/mol. The van der Waals surface area contributed by atoms with E-state index in [0.29, 0.717) is 28.9 Å². The quantitative estimate of drug-likeness (QED) is 0.769. The van der Waals surface area contributed by atoms with E-state index in [1.807, 2.05) is 39.0 Å². The number of benzene rings is 2. The van der Waals surface area contributed by atoms with E-state index in [2.05, 4.69) is 6.07 Å².